The Hall–Kier alpha value is -0.510. The van der Waals surface area contributed by atoms with Crippen LogP contribution in [0, 0.1) is 0 Å². The van der Waals surface area contributed by atoms with Crippen molar-refractivity contribution in [3.63, 3.8) is 0 Å². The molecule has 1 aromatic rings. The molecule has 0 saturated heterocycles. The predicted molar refractivity (Wildman–Crippen MR) is 64.8 cm³/mol. The van der Waals surface area contributed by atoms with E-state index in [1.165, 1.54) is 14.0 Å². The zero-order valence-electron chi connectivity index (χ0n) is 9.97. The van der Waals surface area contributed by atoms with Gasteiger partial charge in [-0.05, 0) is 36.7 Å². The molecule has 0 aliphatic rings. The zero-order valence-corrected chi connectivity index (χ0v) is 12.4. The normalized spacial score (nSPS) is 14.9. The number of aryl methyl sites for hydroxylation is 1. The largest absolute Gasteiger partial charge is 0.391 e. The van der Waals surface area contributed by atoms with Gasteiger partial charge in [0, 0.05) is 7.05 Å². The van der Waals surface area contributed by atoms with Crippen molar-refractivity contribution in [1.82, 2.24) is 19.7 Å². The lowest BCUT2D eigenvalue weighted by Gasteiger charge is -2.28. The zero-order chi connectivity index (χ0) is 13.4. The van der Waals surface area contributed by atoms with Crippen LogP contribution in [0.25, 0.3) is 0 Å². The van der Waals surface area contributed by atoms with E-state index < -0.39 is 21.7 Å². The summed E-state index contributed by atoms with van der Waals surface area (Å²) in [6.07, 6.45) is -0.836. The number of nitrogens with zero attached hydrogens (tertiary/aromatic N) is 3. The van der Waals surface area contributed by atoms with Gasteiger partial charge in [-0.15, -0.1) is 5.10 Å². The van der Waals surface area contributed by atoms with E-state index in [9.17, 15) is 13.5 Å². The summed E-state index contributed by atoms with van der Waals surface area (Å²) in [6, 6.07) is 0. The number of aromatic nitrogens is 3. The first-order chi connectivity index (χ1) is 7.58. The highest BCUT2D eigenvalue weighted by Crippen LogP contribution is 2.20. The number of hydrogen-bond acceptors (Lipinski definition) is 5. The molecule has 0 aliphatic carbocycles. The number of aliphatic hydroxyl groups is 1. The van der Waals surface area contributed by atoms with Crippen LogP contribution in [-0.4, -0.2) is 40.2 Å². The third-order valence-corrected chi connectivity index (χ3v) is 4.99. The Kier molecular flexibility index (Phi) is 3.97. The Balaban J connectivity index is 3.15. The van der Waals surface area contributed by atoms with Crippen molar-refractivity contribution in [1.29, 1.82) is 0 Å². The van der Waals surface area contributed by atoms with Gasteiger partial charge in [0.15, 0.2) is 4.60 Å². The quantitative estimate of drug-likeness (QED) is 0.812. The molecule has 0 saturated carbocycles. The molecule has 1 aromatic heterocycles. The summed E-state index contributed by atoms with van der Waals surface area (Å²) in [7, 11) is -2.33. The lowest BCUT2D eigenvalue weighted by Crippen LogP contribution is -2.51. The maximum atomic E-state index is 12.1. The molecule has 17 heavy (non-hydrogen) atoms. The second-order valence-electron chi connectivity index (χ2n) is 4.31. The van der Waals surface area contributed by atoms with Crippen molar-refractivity contribution < 1.29 is 13.5 Å². The van der Waals surface area contributed by atoms with Crippen molar-refractivity contribution in [3.8, 4) is 0 Å². The third-order valence-electron chi connectivity index (χ3n) is 2.43. The highest BCUT2D eigenvalue weighted by atomic mass is 79.9. The molecule has 0 spiro atoms. The number of hydrogen-bond donors (Lipinski definition) is 2. The van der Waals surface area contributed by atoms with Crippen LogP contribution in [0.2, 0.25) is 0 Å². The molecule has 2 N–H and O–H groups in total. The summed E-state index contributed by atoms with van der Waals surface area (Å²) in [4.78, 5) is 0. The number of rotatable bonds is 4. The summed E-state index contributed by atoms with van der Waals surface area (Å²) in [6.45, 7) is 4.69. The van der Waals surface area contributed by atoms with E-state index in [4.69, 9.17) is 0 Å². The van der Waals surface area contributed by atoms with Crippen LogP contribution < -0.4 is 4.72 Å². The maximum absolute atomic E-state index is 12.1. The fourth-order valence-corrected chi connectivity index (χ4v) is 3.66. The molecule has 7 nitrogen and oxygen atoms in total. The van der Waals surface area contributed by atoms with Gasteiger partial charge >= 0.3 is 0 Å². The summed E-state index contributed by atoms with van der Waals surface area (Å²) in [5.41, 5.74) is -0.984. The molecule has 0 radical (unpaired) electrons. The molecule has 1 atom stereocenters. The number of nitrogens with one attached hydrogen (secondary N) is 1. The highest BCUT2D eigenvalue weighted by Gasteiger charge is 2.33. The lowest BCUT2D eigenvalue weighted by molar-refractivity contribution is 0.111. The van der Waals surface area contributed by atoms with Gasteiger partial charge in [-0.3, -0.25) is 0 Å². The minimum atomic E-state index is -3.80. The van der Waals surface area contributed by atoms with E-state index >= 15 is 0 Å². The lowest BCUT2D eigenvalue weighted by atomic mass is 10.0. The number of halogens is 1. The van der Waals surface area contributed by atoms with Gasteiger partial charge in [-0.25, -0.2) is 17.8 Å². The standard InChI is InChI=1S/C8H15BrN4O3S/c1-5(14)8(2,3)11-17(15,16)7-6(9)10-12-13(7)4/h5,11,14H,1-4H3. The first-order valence-electron chi connectivity index (χ1n) is 4.85. The Morgan fingerprint density at radius 1 is 1.53 bits per heavy atom. The minimum absolute atomic E-state index is 0.0776. The van der Waals surface area contributed by atoms with Crippen LogP contribution in [0.4, 0.5) is 0 Å². The van der Waals surface area contributed by atoms with Crippen LogP contribution in [0.15, 0.2) is 9.63 Å². The molecule has 98 valence electrons. The summed E-state index contributed by atoms with van der Waals surface area (Å²) in [5, 5.41) is 16.6. The predicted octanol–water partition coefficient (Wildman–Crippen LogP) is 0.0153. The molecule has 1 rings (SSSR count). The molecule has 1 heterocycles. The van der Waals surface area contributed by atoms with E-state index in [1.807, 2.05) is 0 Å². The number of aliphatic hydroxyl groups excluding tert-OH is 1. The second-order valence-corrected chi connectivity index (χ2v) is 6.66. The molecule has 0 aliphatic heterocycles. The van der Waals surface area contributed by atoms with Crippen LogP contribution in [0.3, 0.4) is 0 Å². The smallest absolute Gasteiger partial charge is 0.261 e. The fraction of sp³-hybridized carbons (Fsp3) is 0.750. The average Bonchev–Trinajstić information content (AvgIpc) is 2.44. The van der Waals surface area contributed by atoms with E-state index in [1.54, 1.807) is 13.8 Å². The van der Waals surface area contributed by atoms with Gasteiger partial charge in [0.05, 0.1) is 11.6 Å². The molecular weight excluding hydrogens is 312 g/mol. The van der Waals surface area contributed by atoms with Gasteiger partial charge in [-0.2, -0.15) is 0 Å². The van der Waals surface area contributed by atoms with Crippen LogP contribution in [0.5, 0.6) is 0 Å². The van der Waals surface area contributed by atoms with Gasteiger partial charge < -0.3 is 5.11 Å². The van der Waals surface area contributed by atoms with E-state index in [0.29, 0.717) is 0 Å². The average molecular weight is 327 g/mol. The Morgan fingerprint density at radius 2 is 2.06 bits per heavy atom. The highest BCUT2D eigenvalue weighted by molar-refractivity contribution is 9.10. The first-order valence-corrected chi connectivity index (χ1v) is 7.13. The minimum Gasteiger partial charge on any atom is -0.391 e. The van der Waals surface area contributed by atoms with E-state index in [0.717, 1.165) is 4.68 Å². The summed E-state index contributed by atoms with van der Waals surface area (Å²) in [5.74, 6) is 0. The summed E-state index contributed by atoms with van der Waals surface area (Å²) < 4.78 is 27.9. The third kappa shape index (κ3) is 3.03. The van der Waals surface area contributed by atoms with Crippen molar-refractivity contribution >= 4 is 26.0 Å². The van der Waals surface area contributed by atoms with Gasteiger partial charge in [0.1, 0.15) is 0 Å². The topological polar surface area (TPSA) is 97.1 Å². The Bertz CT molecular complexity index is 489. The molecule has 0 fully saturated rings. The first kappa shape index (κ1) is 14.6. The van der Waals surface area contributed by atoms with Crippen molar-refractivity contribution in [2.24, 2.45) is 7.05 Å². The summed E-state index contributed by atoms with van der Waals surface area (Å²) >= 11 is 3.02. The monoisotopic (exact) mass is 326 g/mol. The van der Waals surface area contributed by atoms with Crippen LogP contribution >= 0.6 is 15.9 Å². The van der Waals surface area contributed by atoms with Crippen LogP contribution in [0.1, 0.15) is 20.8 Å². The molecule has 9 heteroatoms. The Labute approximate surface area is 108 Å². The number of sulfonamides is 1. The van der Waals surface area contributed by atoms with E-state index in [-0.39, 0.29) is 9.63 Å². The van der Waals surface area contributed by atoms with Gasteiger partial charge in [0.2, 0.25) is 5.03 Å². The van der Waals surface area contributed by atoms with Crippen molar-refractivity contribution in [3.05, 3.63) is 4.60 Å². The Morgan fingerprint density at radius 3 is 2.41 bits per heavy atom. The SMILES string of the molecule is CC(O)C(C)(C)NS(=O)(=O)c1c(Br)nnn1C. The molecule has 0 aromatic carbocycles. The molecule has 0 amide bonds. The maximum Gasteiger partial charge on any atom is 0.261 e. The van der Waals surface area contributed by atoms with Crippen molar-refractivity contribution in [2.75, 3.05) is 0 Å². The second kappa shape index (κ2) is 4.63. The van der Waals surface area contributed by atoms with E-state index in [2.05, 4.69) is 31.0 Å². The molecule has 1 unspecified atom stereocenters. The van der Waals surface area contributed by atoms with Gasteiger partial charge in [-0.1, -0.05) is 5.21 Å². The van der Waals surface area contributed by atoms with Crippen molar-refractivity contribution in [2.45, 2.75) is 37.4 Å². The fourth-order valence-electron chi connectivity index (χ4n) is 1.09. The van der Waals surface area contributed by atoms with Gasteiger partial charge in [0.25, 0.3) is 10.0 Å². The van der Waals surface area contributed by atoms with Crippen LogP contribution in [-0.2, 0) is 17.1 Å². The molecule has 0 bridgehead atoms. The molecular formula is C8H15BrN4O3S.